The molecule has 2 aromatic rings. The summed E-state index contributed by atoms with van der Waals surface area (Å²) in [6.45, 7) is 3.11. The second-order valence-corrected chi connectivity index (χ2v) is 7.92. The Morgan fingerprint density at radius 3 is 2.64 bits per heavy atom. The van der Waals surface area contributed by atoms with E-state index in [1.54, 1.807) is 6.07 Å². The van der Waals surface area contributed by atoms with E-state index in [-0.39, 0.29) is 10.8 Å². The molecule has 7 nitrogen and oxygen atoms in total. The predicted octanol–water partition coefficient (Wildman–Crippen LogP) is 1.75. The van der Waals surface area contributed by atoms with Crippen LogP contribution in [0.5, 0.6) is 5.88 Å². The number of nitrogens with zero attached hydrogens (tertiary/aromatic N) is 4. The van der Waals surface area contributed by atoms with Gasteiger partial charge in [0.1, 0.15) is 0 Å². The summed E-state index contributed by atoms with van der Waals surface area (Å²) in [5.74, 6) is 0.551. The van der Waals surface area contributed by atoms with Crippen LogP contribution in [-0.4, -0.2) is 42.6 Å². The molecular formula is C17H18N4O3S. The quantitative estimate of drug-likeness (QED) is 0.808. The molecule has 8 heteroatoms. The fourth-order valence-corrected chi connectivity index (χ4v) is 4.20. The van der Waals surface area contributed by atoms with Gasteiger partial charge in [-0.15, -0.1) is 5.10 Å². The zero-order valence-corrected chi connectivity index (χ0v) is 14.6. The highest BCUT2D eigenvalue weighted by atomic mass is 32.2. The van der Waals surface area contributed by atoms with Crippen LogP contribution in [0.15, 0.2) is 41.3 Å². The number of rotatable bonds is 5. The molecular weight excluding hydrogens is 340 g/mol. The van der Waals surface area contributed by atoms with Gasteiger partial charge in [-0.3, -0.25) is 0 Å². The summed E-state index contributed by atoms with van der Waals surface area (Å²) in [5, 5.41) is 16.7. The van der Waals surface area contributed by atoms with Crippen LogP contribution in [0.4, 0.5) is 0 Å². The van der Waals surface area contributed by atoms with Gasteiger partial charge in [-0.25, -0.2) is 8.42 Å². The minimum atomic E-state index is -3.54. The highest BCUT2D eigenvalue weighted by Gasteiger charge is 2.32. The number of hydrogen-bond acceptors (Lipinski definition) is 6. The minimum Gasteiger partial charge on any atom is -0.476 e. The van der Waals surface area contributed by atoms with Crippen molar-refractivity contribution in [2.75, 3.05) is 19.7 Å². The van der Waals surface area contributed by atoms with Gasteiger partial charge in [-0.1, -0.05) is 0 Å². The molecule has 0 radical (unpaired) electrons. The van der Waals surface area contributed by atoms with Crippen LogP contribution in [0, 0.1) is 24.2 Å². The fraction of sp³-hybridized carbons (Fsp3) is 0.353. The molecule has 1 aliphatic heterocycles. The van der Waals surface area contributed by atoms with E-state index in [4.69, 9.17) is 10.00 Å². The van der Waals surface area contributed by atoms with Gasteiger partial charge in [-0.2, -0.15) is 14.7 Å². The monoisotopic (exact) mass is 358 g/mol. The molecule has 3 rings (SSSR count). The van der Waals surface area contributed by atoms with Crippen molar-refractivity contribution in [1.29, 1.82) is 5.26 Å². The third-order valence-corrected chi connectivity index (χ3v) is 5.99. The van der Waals surface area contributed by atoms with E-state index in [0.717, 1.165) is 12.1 Å². The molecule has 0 spiro atoms. The minimum absolute atomic E-state index is 0.108. The van der Waals surface area contributed by atoms with Crippen molar-refractivity contribution in [1.82, 2.24) is 14.5 Å². The third kappa shape index (κ3) is 3.95. The predicted molar refractivity (Wildman–Crippen MR) is 90.3 cm³/mol. The molecule has 0 amide bonds. The molecule has 25 heavy (non-hydrogen) atoms. The molecule has 0 saturated carbocycles. The maximum atomic E-state index is 12.7. The van der Waals surface area contributed by atoms with Crippen LogP contribution in [0.3, 0.4) is 0 Å². The van der Waals surface area contributed by atoms with E-state index >= 15 is 0 Å². The van der Waals surface area contributed by atoms with Gasteiger partial charge in [0.2, 0.25) is 15.9 Å². The Kier molecular flexibility index (Phi) is 4.97. The molecule has 0 aliphatic carbocycles. The van der Waals surface area contributed by atoms with Crippen molar-refractivity contribution >= 4 is 10.0 Å². The van der Waals surface area contributed by atoms with Crippen molar-refractivity contribution in [3.05, 3.63) is 47.7 Å². The average molecular weight is 358 g/mol. The van der Waals surface area contributed by atoms with E-state index in [1.807, 2.05) is 19.1 Å². The maximum absolute atomic E-state index is 12.7. The normalized spacial score (nSPS) is 18.0. The third-order valence-electron chi connectivity index (χ3n) is 4.11. The lowest BCUT2D eigenvalue weighted by atomic mass is 10.1. The Morgan fingerprint density at radius 1 is 1.24 bits per heavy atom. The van der Waals surface area contributed by atoms with Crippen LogP contribution < -0.4 is 4.74 Å². The average Bonchev–Trinajstić information content (AvgIpc) is 3.11. The first kappa shape index (κ1) is 17.3. The van der Waals surface area contributed by atoms with Gasteiger partial charge in [0.15, 0.2) is 0 Å². The van der Waals surface area contributed by atoms with E-state index in [2.05, 4.69) is 10.2 Å². The number of aryl methyl sites for hydroxylation is 1. The van der Waals surface area contributed by atoms with Gasteiger partial charge in [0.25, 0.3) is 0 Å². The summed E-state index contributed by atoms with van der Waals surface area (Å²) in [6.07, 6.45) is 0.731. The van der Waals surface area contributed by atoms with Crippen molar-refractivity contribution in [2.24, 2.45) is 5.92 Å². The topological polar surface area (TPSA) is 96.2 Å². The van der Waals surface area contributed by atoms with Gasteiger partial charge in [0.05, 0.1) is 28.8 Å². The summed E-state index contributed by atoms with van der Waals surface area (Å²) < 4.78 is 32.4. The summed E-state index contributed by atoms with van der Waals surface area (Å²) in [6, 6.07) is 11.5. The molecule has 1 fully saturated rings. The number of ether oxygens (including phenoxy) is 1. The van der Waals surface area contributed by atoms with Crippen LogP contribution in [0.2, 0.25) is 0 Å². The maximum Gasteiger partial charge on any atom is 0.243 e. The second-order valence-electron chi connectivity index (χ2n) is 5.98. The second kappa shape index (κ2) is 7.17. The van der Waals surface area contributed by atoms with E-state index in [9.17, 15) is 8.42 Å². The standard InChI is InChI=1S/C17H18N4O3S/c1-13-2-7-17(20-19-13)24-12-15-8-9-21(11-15)25(22,23)16-5-3-14(10-18)4-6-16/h2-7,15H,8-9,11-12H2,1H3. The smallest absolute Gasteiger partial charge is 0.243 e. The van der Waals surface area contributed by atoms with Gasteiger partial charge < -0.3 is 4.74 Å². The zero-order chi connectivity index (χ0) is 17.9. The molecule has 0 bridgehead atoms. The van der Waals surface area contributed by atoms with Crippen molar-refractivity contribution in [2.45, 2.75) is 18.2 Å². The van der Waals surface area contributed by atoms with E-state index in [1.165, 1.54) is 28.6 Å². The Hall–Kier alpha value is -2.50. The van der Waals surface area contributed by atoms with Gasteiger partial charge in [-0.05, 0) is 43.7 Å². The Bertz CT molecular complexity index is 874. The van der Waals surface area contributed by atoms with E-state index in [0.29, 0.717) is 31.1 Å². The lowest BCUT2D eigenvalue weighted by Crippen LogP contribution is -2.29. The van der Waals surface area contributed by atoms with Gasteiger partial charge >= 0.3 is 0 Å². The van der Waals surface area contributed by atoms with Crippen LogP contribution in [0.25, 0.3) is 0 Å². The number of sulfonamides is 1. The Labute approximate surface area is 146 Å². The first-order valence-corrected chi connectivity index (χ1v) is 9.36. The lowest BCUT2D eigenvalue weighted by molar-refractivity contribution is 0.244. The number of hydrogen-bond donors (Lipinski definition) is 0. The fourth-order valence-electron chi connectivity index (χ4n) is 2.67. The first-order chi connectivity index (χ1) is 12.0. The molecule has 1 atom stereocenters. The lowest BCUT2D eigenvalue weighted by Gasteiger charge is -2.17. The molecule has 130 valence electrons. The molecule has 1 aliphatic rings. The molecule has 1 aromatic carbocycles. The summed E-state index contributed by atoms with van der Waals surface area (Å²) >= 11 is 0. The SMILES string of the molecule is Cc1ccc(OCC2CCN(S(=O)(=O)c3ccc(C#N)cc3)C2)nn1. The highest BCUT2D eigenvalue weighted by molar-refractivity contribution is 7.89. The van der Waals surface area contributed by atoms with Gasteiger partial charge in [0, 0.05) is 25.1 Å². The Balaban J connectivity index is 1.61. The van der Waals surface area contributed by atoms with Crippen molar-refractivity contribution in [3.8, 4) is 11.9 Å². The van der Waals surface area contributed by atoms with Crippen molar-refractivity contribution < 1.29 is 13.2 Å². The van der Waals surface area contributed by atoms with E-state index < -0.39 is 10.0 Å². The van der Waals surface area contributed by atoms with Crippen LogP contribution >= 0.6 is 0 Å². The van der Waals surface area contributed by atoms with Crippen LogP contribution in [-0.2, 0) is 10.0 Å². The largest absolute Gasteiger partial charge is 0.476 e. The molecule has 2 heterocycles. The number of aromatic nitrogens is 2. The molecule has 1 saturated heterocycles. The molecule has 1 unspecified atom stereocenters. The summed E-state index contributed by atoms with van der Waals surface area (Å²) in [5.41, 5.74) is 1.25. The summed E-state index contributed by atoms with van der Waals surface area (Å²) in [4.78, 5) is 0.206. The van der Waals surface area contributed by atoms with Crippen LogP contribution in [0.1, 0.15) is 17.7 Å². The Morgan fingerprint density at radius 2 is 2.00 bits per heavy atom. The first-order valence-electron chi connectivity index (χ1n) is 7.92. The highest BCUT2D eigenvalue weighted by Crippen LogP contribution is 2.25. The molecule has 0 N–H and O–H groups in total. The number of benzene rings is 1. The van der Waals surface area contributed by atoms with Crippen molar-refractivity contribution in [3.63, 3.8) is 0 Å². The molecule has 1 aromatic heterocycles. The zero-order valence-electron chi connectivity index (χ0n) is 13.8. The summed E-state index contributed by atoms with van der Waals surface area (Å²) in [7, 11) is -3.54. The number of nitriles is 1.